The minimum atomic E-state index is 0.499. The SMILES string of the molecule is COCc1ccc(NCOCc2ccccc2)cc1. The van der Waals surface area contributed by atoms with Crippen LogP contribution < -0.4 is 5.32 Å². The van der Waals surface area contributed by atoms with Crippen LogP contribution >= 0.6 is 0 Å². The van der Waals surface area contributed by atoms with E-state index in [0.717, 1.165) is 5.69 Å². The molecule has 0 aliphatic heterocycles. The zero-order valence-corrected chi connectivity index (χ0v) is 11.1. The summed E-state index contributed by atoms with van der Waals surface area (Å²) in [5, 5.41) is 3.22. The number of hydrogen-bond acceptors (Lipinski definition) is 3. The minimum absolute atomic E-state index is 0.499. The Morgan fingerprint density at radius 2 is 1.53 bits per heavy atom. The number of benzene rings is 2. The van der Waals surface area contributed by atoms with Crippen molar-refractivity contribution in [1.82, 2.24) is 0 Å². The third-order valence-electron chi connectivity index (χ3n) is 2.75. The predicted molar refractivity (Wildman–Crippen MR) is 76.9 cm³/mol. The minimum Gasteiger partial charge on any atom is -0.380 e. The van der Waals surface area contributed by atoms with Crippen molar-refractivity contribution >= 4 is 5.69 Å². The molecule has 0 radical (unpaired) electrons. The van der Waals surface area contributed by atoms with Crippen LogP contribution in [0.5, 0.6) is 0 Å². The molecule has 0 atom stereocenters. The van der Waals surface area contributed by atoms with Crippen molar-refractivity contribution in [1.29, 1.82) is 0 Å². The first kappa shape index (κ1) is 13.6. The van der Waals surface area contributed by atoms with E-state index in [1.165, 1.54) is 11.1 Å². The van der Waals surface area contributed by atoms with Crippen molar-refractivity contribution in [2.75, 3.05) is 19.2 Å². The molecule has 2 rings (SSSR count). The van der Waals surface area contributed by atoms with Crippen LogP contribution in [0.1, 0.15) is 11.1 Å². The number of methoxy groups -OCH3 is 1. The van der Waals surface area contributed by atoms with Crippen molar-refractivity contribution < 1.29 is 9.47 Å². The van der Waals surface area contributed by atoms with Crippen LogP contribution in [0.2, 0.25) is 0 Å². The molecule has 0 unspecified atom stereocenters. The van der Waals surface area contributed by atoms with Gasteiger partial charge < -0.3 is 14.8 Å². The summed E-state index contributed by atoms with van der Waals surface area (Å²) in [5.41, 5.74) is 3.39. The highest BCUT2D eigenvalue weighted by atomic mass is 16.5. The molecule has 0 spiro atoms. The third-order valence-corrected chi connectivity index (χ3v) is 2.75. The molecule has 100 valence electrons. The number of anilines is 1. The normalized spacial score (nSPS) is 10.4. The van der Waals surface area contributed by atoms with E-state index < -0.39 is 0 Å². The molecule has 3 heteroatoms. The van der Waals surface area contributed by atoms with Gasteiger partial charge in [0.1, 0.15) is 6.73 Å². The molecule has 0 saturated heterocycles. The molecule has 0 saturated carbocycles. The van der Waals surface area contributed by atoms with Gasteiger partial charge in [-0.15, -0.1) is 0 Å². The van der Waals surface area contributed by atoms with E-state index in [4.69, 9.17) is 9.47 Å². The van der Waals surface area contributed by atoms with Crippen LogP contribution in [0.15, 0.2) is 54.6 Å². The molecule has 19 heavy (non-hydrogen) atoms. The van der Waals surface area contributed by atoms with Crippen LogP contribution in [0.3, 0.4) is 0 Å². The summed E-state index contributed by atoms with van der Waals surface area (Å²) in [7, 11) is 1.70. The Balaban J connectivity index is 1.70. The fraction of sp³-hybridized carbons (Fsp3) is 0.250. The number of hydrogen-bond donors (Lipinski definition) is 1. The van der Waals surface area contributed by atoms with Crippen LogP contribution in [-0.4, -0.2) is 13.8 Å². The first-order valence-corrected chi connectivity index (χ1v) is 6.32. The van der Waals surface area contributed by atoms with Crippen molar-refractivity contribution in [3.63, 3.8) is 0 Å². The second-order valence-corrected chi connectivity index (χ2v) is 4.29. The van der Waals surface area contributed by atoms with Gasteiger partial charge in [0.2, 0.25) is 0 Å². The van der Waals surface area contributed by atoms with Gasteiger partial charge in [0.25, 0.3) is 0 Å². The second-order valence-electron chi connectivity index (χ2n) is 4.29. The zero-order chi connectivity index (χ0) is 13.3. The maximum absolute atomic E-state index is 5.57. The third kappa shape index (κ3) is 4.73. The monoisotopic (exact) mass is 257 g/mol. The Hall–Kier alpha value is -1.84. The van der Waals surface area contributed by atoms with Crippen LogP contribution in [0.25, 0.3) is 0 Å². The summed E-state index contributed by atoms with van der Waals surface area (Å²) in [5.74, 6) is 0. The summed E-state index contributed by atoms with van der Waals surface area (Å²) < 4.78 is 10.6. The molecule has 0 heterocycles. The Bertz CT molecular complexity index is 468. The van der Waals surface area contributed by atoms with E-state index in [0.29, 0.717) is 19.9 Å². The molecule has 2 aromatic rings. The van der Waals surface area contributed by atoms with Crippen molar-refractivity contribution in [2.45, 2.75) is 13.2 Å². The Morgan fingerprint density at radius 3 is 2.21 bits per heavy atom. The fourth-order valence-electron chi connectivity index (χ4n) is 1.76. The zero-order valence-electron chi connectivity index (χ0n) is 11.1. The van der Waals surface area contributed by atoms with E-state index in [1.54, 1.807) is 7.11 Å². The first-order chi connectivity index (χ1) is 9.38. The summed E-state index contributed by atoms with van der Waals surface area (Å²) >= 11 is 0. The smallest absolute Gasteiger partial charge is 0.116 e. The number of nitrogens with one attached hydrogen (secondary N) is 1. The van der Waals surface area contributed by atoms with Gasteiger partial charge in [-0.3, -0.25) is 0 Å². The van der Waals surface area contributed by atoms with Gasteiger partial charge in [-0.25, -0.2) is 0 Å². The van der Waals surface area contributed by atoms with E-state index in [9.17, 15) is 0 Å². The molecule has 2 aromatic carbocycles. The largest absolute Gasteiger partial charge is 0.380 e. The first-order valence-electron chi connectivity index (χ1n) is 6.32. The summed E-state index contributed by atoms with van der Waals surface area (Å²) in [6, 6.07) is 18.3. The maximum atomic E-state index is 5.57. The molecular weight excluding hydrogens is 238 g/mol. The Kier molecular flexibility index (Phi) is 5.41. The average molecular weight is 257 g/mol. The summed E-state index contributed by atoms with van der Waals surface area (Å²) in [4.78, 5) is 0. The predicted octanol–water partition coefficient (Wildman–Crippen LogP) is 3.42. The second kappa shape index (κ2) is 7.56. The lowest BCUT2D eigenvalue weighted by Crippen LogP contribution is -2.06. The van der Waals surface area contributed by atoms with Crippen LogP contribution in [-0.2, 0) is 22.7 Å². The van der Waals surface area contributed by atoms with E-state index >= 15 is 0 Å². The lowest BCUT2D eigenvalue weighted by atomic mass is 10.2. The lowest BCUT2D eigenvalue weighted by Gasteiger charge is -2.08. The molecule has 0 aliphatic rings. The van der Waals surface area contributed by atoms with Crippen LogP contribution in [0.4, 0.5) is 5.69 Å². The van der Waals surface area contributed by atoms with Crippen LogP contribution in [0, 0.1) is 0 Å². The van der Waals surface area contributed by atoms with Gasteiger partial charge >= 0.3 is 0 Å². The van der Waals surface area contributed by atoms with Gasteiger partial charge in [-0.2, -0.15) is 0 Å². The summed E-state index contributed by atoms with van der Waals surface area (Å²) in [6.45, 7) is 1.76. The van der Waals surface area contributed by atoms with Crippen molar-refractivity contribution in [3.05, 3.63) is 65.7 Å². The topological polar surface area (TPSA) is 30.5 Å². The molecule has 0 bridgehead atoms. The van der Waals surface area contributed by atoms with Gasteiger partial charge in [0.05, 0.1) is 13.2 Å². The Labute approximate surface area is 114 Å². The summed E-state index contributed by atoms with van der Waals surface area (Å²) in [6.07, 6.45) is 0. The number of rotatable bonds is 7. The molecule has 0 fully saturated rings. The molecule has 1 N–H and O–H groups in total. The van der Waals surface area contributed by atoms with Gasteiger partial charge in [0, 0.05) is 12.8 Å². The van der Waals surface area contributed by atoms with Gasteiger partial charge in [-0.05, 0) is 23.3 Å². The highest BCUT2D eigenvalue weighted by Gasteiger charge is 1.95. The van der Waals surface area contributed by atoms with Gasteiger partial charge in [-0.1, -0.05) is 42.5 Å². The number of ether oxygens (including phenoxy) is 2. The highest BCUT2D eigenvalue weighted by Crippen LogP contribution is 2.10. The molecule has 3 nitrogen and oxygen atoms in total. The molecule has 0 aliphatic carbocycles. The highest BCUT2D eigenvalue weighted by molar-refractivity contribution is 5.44. The van der Waals surface area contributed by atoms with Gasteiger partial charge in [0.15, 0.2) is 0 Å². The maximum Gasteiger partial charge on any atom is 0.116 e. The van der Waals surface area contributed by atoms with E-state index in [2.05, 4.69) is 17.4 Å². The molecule has 0 aromatic heterocycles. The standard InChI is InChI=1S/C16H19NO2/c1-18-11-15-7-9-16(10-8-15)17-13-19-12-14-5-3-2-4-6-14/h2-10,17H,11-13H2,1H3. The van der Waals surface area contributed by atoms with Crippen molar-refractivity contribution in [2.24, 2.45) is 0 Å². The quantitative estimate of drug-likeness (QED) is 0.609. The Morgan fingerprint density at radius 1 is 0.842 bits per heavy atom. The van der Waals surface area contributed by atoms with E-state index in [-0.39, 0.29) is 0 Å². The van der Waals surface area contributed by atoms with E-state index in [1.807, 2.05) is 42.5 Å². The molecule has 0 amide bonds. The van der Waals surface area contributed by atoms with Crippen molar-refractivity contribution in [3.8, 4) is 0 Å². The average Bonchev–Trinajstić information content (AvgIpc) is 2.47. The lowest BCUT2D eigenvalue weighted by molar-refractivity contribution is 0.138. The molecular formula is C16H19NO2. The fourth-order valence-corrected chi connectivity index (χ4v) is 1.76.